The quantitative estimate of drug-likeness (QED) is 0.422. The molecule has 2 heterocycles. The first-order valence-corrected chi connectivity index (χ1v) is 16.6. The molecule has 1 saturated heterocycles. The van der Waals surface area contributed by atoms with Crippen molar-refractivity contribution in [2.45, 2.75) is 104 Å². The van der Waals surface area contributed by atoms with E-state index in [-0.39, 0.29) is 35.6 Å². The van der Waals surface area contributed by atoms with Gasteiger partial charge in [0.05, 0.1) is 12.6 Å². The van der Waals surface area contributed by atoms with Crippen molar-refractivity contribution in [2.24, 2.45) is 5.92 Å². The summed E-state index contributed by atoms with van der Waals surface area (Å²) in [6.07, 6.45) is 1.87. The zero-order chi connectivity index (χ0) is 28.3. The van der Waals surface area contributed by atoms with Crippen molar-refractivity contribution >= 4 is 26.2 Å². The number of hydrogen-bond acceptors (Lipinski definition) is 5. The van der Waals surface area contributed by atoms with Gasteiger partial charge in [-0.25, -0.2) is 4.79 Å². The van der Waals surface area contributed by atoms with Crippen molar-refractivity contribution in [3.8, 4) is 0 Å². The molecule has 9 heteroatoms. The van der Waals surface area contributed by atoms with Gasteiger partial charge in [0.2, 0.25) is 5.91 Å². The Labute approximate surface area is 228 Å². The summed E-state index contributed by atoms with van der Waals surface area (Å²) in [6.45, 7) is 17.4. The van der Waals surface area contributed by atoms with E-state index in [2.05, 4.69) is 44.5 Å². The number of carbonyl (C=O) groups excluding carboxylic acids is 3. The number of benzene rings is 1. The van der Waals surface area contributed by atoms with E-state index in [4.69, 9.17) is 9.16 Å². The van der Waals surface area contributed by atoms with Gasteiger partial charge in [0.15, 0.2) is 8.32 Å². The lowest BCUT2D eigenvalue weighted by molar-refractivity contribution is -0.134. The second-order valence-electron chi connectivity index (χ2n) is 12.3. The molecule has 0 radical (unpaired) electrons. The van der Waals surface area contributed by atoms with Crippen LogP contribution in [-0.2, 0) is 25.4 Å². The third-order valence-corrected chi connectivity index (χ3v) is 12.7. The van der Waals surface area contributed by atoms with E-state index < -0.39 is 26.4 Å². The molecular formula is C29H45N3O5Si. The van der Waals surface area contributed by atoms with Gasteiger partial charge in [-0.3, -0.25) is 9.59 Å². The summed E-state index contributed by atoms with van der Waals surface area (Å²) in [5, 5.41) is 5.51. The summed E-state index contributed by atoms with van der Waals surface area (Å²) in [6, 6.07) is 8.56. The molecule has 3 atom stereocenters. The summed E-state index contributed by atoms with van der Waals surface area (Å²) >= 11 is 0. The van der Waals surface area contributed by atoms with Gasteiger partial charge in [-0.2, -0.15) is 0 Å². The number of rotatable bonds is 9. The smallest absolute Gasteiger partial charge is 0.408 e. The first-order chi connectivity index (χ1) is 17.7. The normalized spacial score (nSPS) is 20.9. The molecule has 3 amide bonds. The van der Waals surface area contributed by atoms with Crippen LogP contribution in [-0.4, -0.2) is 55.9 Å². The topological polar surface area (TPSA) is 97.0 Å². The SMILES string of the molecule is CC(C)C1=C(NC(=O)[C@H](C)NC(=O)OCc2ccccc2)C(=O)N2[C@H](CC[C@H]2CO[Si](C)(C)C(C)(C)C)C1. The van der Waals surface area contributed by atoms with Crippen LogP contribution in [0.3, 0.4) is 0 Å². The lowest BCUT2D eigenvalue weighted by Crippen LogP contribution is -2.53. The number of fused-ring (bicyclic) bond motifs is 1. The Balaban J connectivity index is 1.66. The van der Waals surface area contributed by atoms with Crippen LogP contribution in [0.4, 0.5) is 4.79 Å². The number of alkyl carbamates (subject to hydrolysis) is 1. The van der Waals surface area contributed by atoms with E-state index in [1.807, 2.05) is 49.1 Å². The zero-order valence-electron chi connectivity index (χ0n) is 24.2. The molecule has 2 N–H and O–H groups in total. The summed E-state index contributed by atoms with van der Waals surface area (Å²) in [5.41, 5.74) is 2.15. The van der Waals surface area contributed by atoms with Crippen molar-refractivity contribution in [1.29, 1.82) is 0 Å². The average molecular weight is 544 g/mol. The Morgan fingerprint density at radius 1 is 1.11 bits per heavy atom. The van der Waals surface area contributed by atoms with Crippen LogP contribution in [0.15, 0.2) is 41.6 Å². The Bertz CT molecular complexity index is 1050. The van der Waals surface area contributed by atoms with Gasteiger partial charge in [0, 0.05) is 6.04 Å². The largest absolute Gasteiger partial charge is 0.445 e. The van der Waals surface area contributed by atoms with Gasteiger partial charge < -0.3 is 24.7 Å². The van der Waals surface area contributed by atoms with Crippen LogP contribution in [0.5, 0.6) is 0 Å². The fourth-order valence-electron chi connectivity index (χ4n) is 4.70. The molecule has 3 rings (SSSR count). The van der Waals surface area contributed by atoms with E-state index in [1.54, 1.807) is 6.92 Å². The average Bonchev–Trinajstić information content (AvgIpc) is 3.26. The maximum Gasteiger partial charge on any atom is 0.408 e. The molecule has 0 spiro atoms. The maximum atomic E-state index is 13.8. The lowest BCUT2D eigenvalue weighted by Gasteiger charge is -2.40. The molecule has 0 saturated carbocycles. The number of hydrogen-bond donors (Lipinski definition) is 2. The summed E-state index contributed by atoms with van der Waals surface area (Å²) in [5.74, 6) is -0.494. The van der Waals surface area contributed by atoms with Crippen LogP contribution in [0.1, 0.15) is 66.4 Å². The Morgan fingerprint density at radius 2 is 1.76 bits per heavy atom. The van der Waals surface area contributed by atoms with E-state index in [0.717, 1.165) is 30.4 Å². The summed E-state index contributed by atoms with van der Waals surface area (Å²) in [4.78, 5) is 41.1. The van der Waals surface area contributed by atoms with Gasteiger partial charge in [-0.15, -0.1) is 0 Å². The fourth-order valence-corrected chi connectivity index (χ4v) is 5.74. The molecule has 2 aliphatic rings. The molecule has 2 aliphatic heterocycles. The molecule has 8 nitrogen and oxygen atoms in total. The molecule has 0 unspecified atom stereocenters. The number of nitrogens with one attached hydrogen (secondary N) is 2. The highest BCUT2D eigenvalue weighted by atomic mass is 28.4. The van der Waals surface area contributed by atoms with Crippen molar-refractivity contribution in [1.82, 2.24) is 15.5 Å². The minimum atomic E-state index is -1.96. The molecule has 0 aliphatic carbocycles. The van der Waals surface area contributed by atoms with Gasteiger partial charge in [0.25, 0.3) is 5.91 Å². The van der Waals surface area contributed by atoms with Crippen LogP contribution in [0, 0.1) is 5.92 Å². The van der Waals surface area contributed by atoms with Gasteiger partial charge in [-0.05, 0) is 61.4 Å². The van der Waals surface area contributed by atoms with E-state index in [9.17, 15) is 14.4 Å². The number of carbonyl (C=O) groups is 3. The standard InChI is InChI=1S/C29H45N3O5Si/c1-19(2)24-16-22-14-15-23(18-37-38(7,8)29(4,5)6)32(22)27(34)25(24)31-26(33)20(3)30-28(35)36-17-21-12-10-9-11-13-21/h9-13,19-20,22-23H,14-18H2,1-8H3,(H,30,35)(H,31,33)/t20-,22+,23-/m0/s1. The molecule has 0 bridgehead atoms. The van der Waals surface area contributed by atoms with Crippen molar-refractivity contribution in [2.75, 3.05) is 6.61 Å². The lowest BCUT2D eigenvalue weighted by atomic mass is 9.89. The maximum absolute atomic E-state index is 13.8. The fraction of sp³-hybridized carbons (Fsp3) is 0.621. The zero-order valence-corrected chi connectivity index (χ0v) is 25.2. The monoisotopic (exact) mass is 543 g/mol. The van der Waals surface area contributed by atoms with Gasteiger partial charge >= 0.3 is 6.09 Å². The Kier molecular flexibility index (Phi) is 9.46. The Morgan fingerprint density at radius 3 is 2.37 bits per heavy atom. The number of nitrogens with zero attached hydrogens (tertiary/aromatic N) is 1. The van der Waals surface area contributed by atoms with E-state index in [0.29, 0.717) is 12.3 Å². The molecule has 1 aromatic rings. The van der Waals surface area contributed by atoms with E-state index >= 15 is 0 Å². The minimum absolute atomic E-state index is 0.00856. The van der Waals surface area contributed by atoms with Crippen LogP contribution < -0.4 is 10.6 Å². The van der Waals surface area contributed by atoms with Crippen molar-refractivity contribution < 1.29 is 23.5 Å². The minimum Gasteiger partial charge on any atom is -0.445 e. The first-order valence-electron chi connectivity index (χ1n) is 13.7. The van der Waals surface area contributed by atoms with Crippen LogP contribution >= 0.6 is 0 Å². The molecule has 1 fully saturated rings. The Hall–Kier alpha value is -2.65. The van der Waals surface area contributed by atoms with Crippen LogP contribution in [0.25, 0.3) is 0 Å². The highest BCUT2D eigenvalue weighted by Gasteiger charge is 2.45. The molecule has 38 heavy (non-hydrogen) atoms. The predicted molar refractivity (Wildman–Crippen MR) is 151 cm³/mol. The van der Waals surface area contributed by atoms with E-state index in [1.165, 1.54) is 0 Å². The third kappa shape index (κ3) is 7.05. The number of amides is 3. The van der Waals surface area contributed by atoms with Crippen LogP contribution in [0.2, 0.25) is 18.1 Å². The second-order valence-corrected chi connectivity index (χ2v) is 17.2. The first kappa shape index (κ1) is 29.9. The van der Waals surface area contributed by atoms with Gasteiger partial charge in [-0.1, -0.05) is 65.0 Å². The molecule has 0 aromatic heterocycles. The molecule has 210 valence electrons. The van der Waals surface area contributed by atoms with Crippen molar-refractivity contribution in [3.63, 3.8) is 0 Å². The highest BCUT2D eigenvalue weighted by molar-refractivity contribution is 6.74. The third-order valence-electron chi connectivity index (χ3n) is 8.17. The predicted octanol–water partition coefficient (Wildman–Crippen LogP) is 5.11. The number of ether oxygens (including phenoxy) is 1. The second kappa shape index (κ2) is 12.0. The molecule has 1 aromatic carbocycles. The summed E-state index contributed by atoms with van der Waals surface area (Å²) < 4.78 is 11.7. The van der Waals surface area contributed by atoms with Crippen molar-refractivity contribution in [3.05, 3.63) is 47.2 Å². The highest BCUT2D eigenvalue weighted by Crippen LogP contribution is 2.40. The summed E-state index contributed by atoms with van der Waals surface area (Å²) in [7, 11) is -1.96. The van der Waals surface area contributed by atoms with Gasteiger partial charge in [0.1, 0.15) is 18.3 Å². The molecular weight excluding hydrogens is 498 g/mol.